The predicted molar refractivity (Wildman–Crippen MR) is 107 cm³/mol. The van der Waals surface area contributed by atoms with Crippen molar-refractivity contribution in [3.63, 3.8) is 0 Å². The van der Waals surface area contributed by atoms with E-state index in [1.54, 1.807) is 0 Å². The monoisotopic (exact) mass is 368 g/mol. The molecule has 0 saturated carbocycles. The second-order valence-electron chi connectivity index (χ2n) is 7.80. The molecule has 2 saturated heterocycles. The summed E-state index contributed by atoms with van der Waals surface area (Å²) in [6, 6.07) is 6.54. The van der Waals surface area contributed by atoms with E-state index in [1.165, 1.54) is 23.8 Å². The van der Waals surface area contributed by atoms with Crippen LogP contribution in [0.4, 0.5) is 0 Å². The molecule has 6 heteroatoms. The Balaban J connectivity index is 1.43. The van der Waals surface area contributed by atoms with Crippen LogP contribution in [0.25, 0.3) is 17.0 Å². The molecule has 0 aliphatic carbocycles. The maximum atomic E-state index is 10.9. The number of benzene rings is 1. The zero-order valence-corrected chi connectivity index (χ0v) is 15.7. The van der Waals surface area contributed by atoms with Crippen LogP contribution in [0.5, 0.6) is 0 Å². The van der Waals surface area contributed by atoms with Gasteiger partial charge in [-0.25, -0.2) is 0 Å². The fourth-order valence-corrected chi connectivity index (χ4v) is 4.31. The van der Waals surface area contributed by atoms with E-state index < -0.39 is 5.97 Å². The normalized spacial score (nSPS) is 20.6. The number of nitrogens with zero attached hydrogens (tertiary/aromatic N) is 2. The molecule has 0 radical (unpaired) electrons. The largest absolute Gasteiger partial charge is 0.480 e. The van der Waals surface area contributed by atoms with Crippen LogP contribution in [0.2, 0.25) is 0 Å². The van der Waals surface area contributed by atoms with Gasteiger partial charge in [-0.2, -0.15) is 5.10 Å². The molecule has 1 aromatic carbocycles. The molecular weight excluding hydrogens is 340 g/mol. The topological polar surface area (TPSA) is 81.2 Å². The van der Waals surface area contributed by atoms with Gasteiger partial charge in [0.25, 0.3) is 0 Å². The number of H-pyrrole nitrogens is 1. The fourth-order valence-electron chi connectivity index (χ4n) is 4.31. The number of hydrogen-bond donors (Lipinski definition) is 3. The molecule has 6 nitrogen and oxygen atoms in total. The number of aromatic nitrogens is 2. The first-order chi connectivity index (χ1) is 13.2. The van der Waals surface area contributed by atoms with Gasteiger partial charge in [0.15, 0.2) is 0 Å². The molecule has 2 fully saturated rings. The van der Waals surface area contributed by atoms with Gasteiger partial charge in [0.2, 0.25) is 0 Å². The first-order valence-electron chi connectivity index (χ1n) is 10.00. The third kappa shape index (κ3) is 4.39. The fraction of sp³-hybridized carbons (Fsp3) is 0.524. The van der Waals surface area contributed by atoms with Crippen molar-refractivity contribution in [2.75, 3.05) is 32.7 Å². The quantitative estimate of drug-likeness (QED) is 0.756. The number of likely N-dealkylation sites (tertiary alicyclic amines) is 1. The van der Waals surface area contributed by atoms with E-state index in [0.717, 1.165) is 50.2 Å². The highest BCUT2D eigenvalue weighted by Crippen LogP contribution is 2.32. The van der Waals surface area contributed by atoms with Crippen molar-refractivity contribution in [2.24, 2.45) is 5.92 Å². The van der Waals surface area contributed by atoms with E-state index in [9.17, 15) is 4.79 Å². The minimum absolute atomic E-state index is 0.140. The lowest BCUT2D eigenvalue weighted by Crippen LogP contribution is -2.36. The van der Waals surface area contributed by atoms with Gasteiger partial charge in [0, 0.05) is 11.3 Å². The van der Waals surface area contributed by atoms with Crippen molar-refractivity contribution in [1.29, 1.82) is 0 Å². The lowest BCUT2D eigenvalue weighted by molar-refractivity contribution is -0.138. The van der Waals surface area contributed by atoms with Crippen molar-refractivity contribution in [2.45, 2.75) is 31.6 Å². The number of carbonyl (C=O) groups is 1. The number of nitrogens with one attached hydrogen (secondary N) is 2. The lowest BCUT2D eigenvalue weighted by atomic mass is 9.91. The van der Waals surface area contributed by atoms with Crippen LogP contribution in [0, 0.1) is 5.92 Å². The Labute approximate surface area is 159 Å². The van der Waals surface area contributed by atoms with Crippen LogP contribution < -0.4 is 5.32 Å². The highest BCUT2D eigenvalue weighted by molar-refractivity contribution is 5.84. The van der Waals surface area contributed by atoms with E-state index in [0.29, 0.717) is 11.8 Å². The molecule has 1 aromatic heterocycles. The minimum Gasteiger partial charge on any atom is -0.480 e. The lowest BCUT2D eigenvalue weighted by Gasteiger charge is -2.30. The van der Waals surface area contributed by atoms with Gasteiger partial charge in [-0.3, -0.25) is 14.8 Å². The average molecular weight is 368 g/mol. The van der Waals surface area contributed by atoms with Gasteiger partial charge in [-0.1, -0.05) is 24.3 Å². The second-order valence-corrected chi connectivity index (χ2v) is 7.80. The Kier molecular flexibility index (Phi) is 5.55. The standard InChI is InChI=1S/C21H28N4O2/c26-20(27)14-25-11-7-17(8-12-25)21-18-4-3-16(13-19(18)23-24-21)2-1-15-5-9-22-10-6-15/h1-4,13,15,17,22H,5-12,14H2,(H,23,24)(H,26,27)/b2-1+. The van der Waals surface area contributed by atoms with E-state index >= 15 is 0 Å². The minimum atomic E-state index is -0.747. The molecule has 0 amide bonds. The number of allylic oxidation sites excluding steroid dienone is 1. The number of carboxylic acid groups (broad SMARTS) is 1. The molecule has 0 spiro atoms. The first-order valence-corrected chi connectivity index (χ1v) is 10.00. The Morgan fingerprint density at radius 2 is 2.00 bits per heavy atom. The SMILES string of the molecule is O=C(O)CN1CCC(c2n[nH]c3cc(/C=C/C4CCNCC4)ccc23)CC1. The van der Waals surface area contributed by atoms with E-state index in [1.807, 2.05) is 4.90 Å². The van der Waals surface area contributed by atoms with E-state index in [2.05, 4.69) is 45.9 Å². The van der Waals surface area contributed by atoms with Crippen molar-refractivity contribution in [3.05, 3.63) is 35.5 Å². The molecule has 0 atom stereocenters. The van der Waals surface area contributed by atoms with Crippen molar-refractivity contribution < 1.29 is 9.90 Å². The Morgan fingerprint density at radius 3 is 2.74 bits per heavy atom. The molecule has 2 aromatic rings. The number of hydrogen-bond acceptors (Lipinski definition) is 4. The zero-order valence-electron chi connectivity index (χ0n) is 15.7. The summed E-state index contributed by atoms with van der Waals surface area (Å²) in [4.78, 5) is 12.9. The summed E-state index contributed by atoms with van der Waals surface area (Å²) < 4.78 is 0. The Hall–Kier alpha value is -2.18. The Bertz CT molecular complexity index is 815. The van der Waals surface area contributed by atoms with Crippen LogP contribution >= 0.6 is 0 Å². The summed E-state index contributed by atoms with van der Waals surface area (Å²) in [5.41, 5.74) is 3.44. The molecule has 144 valence electrons. The predicted octanol–water partition coefficient (Wildman–Crippen LogP) is 2.84. The zero-order chi connectivity index (χ0) is 18.6. The average Bonchev–Trinajstić information content (AvgIpc) is 3.10. The van der Waals surface area contributed by atoms with Crippen LogP contribution in [0.3, 0.4) is 0 Å². The summed E-state index contributed by atoms with van der Waals surface area (Å²) in [6.45, 7) is 4.01. The second kappa shape index (κ2) is 8.23. The summed E-state index contributed by atoms with van der Waals surface area (Å²) in [5, 5.41) is 21.4. The summed E-state index contributed by atoms with van der Waals surface area (Å²) in [5.74, 6) is 0.332. The van der Waals surface area contributed by atoms with Crippen LogP contribution in [0.1, 0.15) is 42.9 Å². The molecule has 3 N–H and O–H groups in total. The maximum absolute atomic E-state index is 10.9. The first kappa shape index (κ1) is 18.2. The highest BCUT2D eigenvalue weighted by Gasteiger charge is 2.25. The van der Waals surface area contributed by atoms with Gasteiger partial charge in [-0.05, 0) is 69.4 Å². The van der Waals surface area contributed by atoms with Crippen molar-refractivity contribution in [3.8, 4) is 0 Å². The van der Waals surface area contributed by atoms with Gasteiger partial charge < -0.3 is 10.4 Å². The molecule has 2 aliphatic heterocycles. The third-order valence-electron chi connectivity index (χ3n) is 5.89. The number of piperidine rings is 2. The third-order valence-corrected chi connectivity index (χ3v) is 5.89. The van der Waals surface area contributed by atoms with Crippen LogP contribution in [-0.2, 0) is 4.79 Å². The number of aliphatic carboxylic acids is 1. The smallest absolute Gasteiger partial charge is 0.317 e. The van der Waals surface area contributed by atoms with Gasteiger partial charge >= 0.3 is 5.97 Å². The van der Waals surface area contributed by atoms with Crippen molar-refractivity contribution >= 4 is 22.9 Å². The Morgan fingerprint density at radius 1 is 1.22 bits per heavy atom. The highest BCUT2D eigenvalue weighted by atomic mass is 16.4. The molecule has 3 heterocycles. The van der Waals surface area contributed by atoms with Crippen molar-refractivity contribution in [1.82, 2.24) is 20.4 Å². The number of fused-ring (bicyclic) bond motifs is 1. The number of rotatable bonds is 5. The summed E-state index contributed by atoms with van der Waals surface area (Å²) in [6.07, 6.45) is 8.94. The molecule has 0 unspecified atom stereocenters. The number of carboxylic acids is 1. The molecular formula is C21H28N4O2. The summed E-state index contributed by atoms with van der Waals surface area (Å²) in [7, 11) is 0. The van der Waals surface area contributed by atoms with Gasteiger partial charge in [-0.15, -0.1) is 0 Å². The molecule has 27 heavy (non-hydrogen) atoms. The van der Waals surface area contributed by atoms with Crippen LogP contribution in [-0.4, -0.2) is 58.9 Å². The van der Waals surface area contributed by atoms with Gasteiger partial charge in [0.05, 0.1) is 17.8 Å². The number of aromatic amines is 1. The molecule has 2 aliphatic rings. The van der Waals surface area contributed by atoms with E-state index in [4.69, 9.17) is 5.11 Å². The summed E-state index contributed by atoms with van der Waals surface area (Å²) >= 11 is 0. The maximum Gasteiger partial charge on any atom is 0.317 e. The van der Waals surface area contributed by atoms with Gasteiger partial charge in [0.1, 0.15) is 0 Å². The molecule has 4 rings (SSSR count). The van der Waals surface area contributed by atoms with Crippen LogP contribution in [0.15, 0.2) is 24.3 Å². The molecule has 0 bridgehead atoms. The van der Waals surface area contributed by atoms with E-state index in [-0.39, 0.29) is 6.54 Å².